The molecular formula is C19H19N3O3. The normalized spacial score (nSPS) is 10.6. The van der Waals surface area contributed by atoms with E-state index in [1.807, 2.05) is 36.5 Å². The van der Waals surface area contributed by atoms with Crippen molar-refractivity contribution in [2.75, 3.05) is 11.9 Å². The number of aromatic nitrogens is 1. The molecule has 0 saturated carbocycles. The highest BCUT2D eigenvalue weighted by Gasteiger charge is 2.06. The van der Waals surface area contributed by atoms with Gasteiger partial charge in [-0.3, -0.25) is 9.59 Å². The van der Waals surface area contributed by atoms with Crippen LogP contribution < -0.4 is 15.8 Å². The van der Waals surface area contributed by atoms with Crippen molar-refractivity contribution in [3.8, 4) is 5.75 Å². The van der Waals surface area contributed by atoms with Gasteiger partial charge in [0.2, 0.25) is 5.91 Å². The first kappa shape index (κ1) is 16.6. The minimum Gasteiger partial charge on any atom is -0.484 e. The number of para-hydroxylation sites is 1. The number of anilines is 1. The summed E-state index contributed by atoms with van der Waals surface area (Å²) in [4.78, 5) is 22.8. The number of carbonyl (C=O) groups is 2. The molecule has 0 radical (unpaired) electrons. The number of fused-ring (bicyclic) bond motifs is 1. The van der Waals surface area contributed by atoms with Crippen LogP contribution in [0.5, 0.6) is 5.75 Å². The fourth-order valence-corrected chi connectivity index (χ4v) is 2.57. The quantitative estimate of drug-likeness (QED) is 0.694. The Labute approximate surface area is 145 Å². The van der Waals surface area contributed by atoms with Crippen LogP contribution in [0.4, 0.5) is 5.69 Å². The van der Waals surface area contributed by atoms with Crippen LogP contribution in [0, 0.1) is 0 Å². The van der Waals surface area contributed by atoms with E-state index in [1.54, 1.807) is 24.3 Å². The predicted octanol–water partition coefficient (Wildman–Crippen LogP) is 2.53. The number of rotatable bonds is 7. The molecule has 0 fully saturated rings. The van der Waals surface area contributed by atoms with Crippen molar-refractivity contribution >= 4 is 28.4 Å². The monoisotopic (exact) mass is 337 g/mol. The zero-order valence-electron chi connectivity index (χ0n) is 13.6. The first-order chi connectivity index (χ1) is 12.1. The summed E-state index contributed by atoms with van der Waals surface area (Å²) in [6, 6.07) is 16.9. The number of benzene rings is 2. The van der Waals surface area contributed by atoms with E-state index in [4.69, 9.17) is 10.5 Å². The highest BCUT2D eigenvalue weighted by molar-refractivity contribution is 5.90. The molecule has 3 aromatic rings. The van der Waals surface area contributed by atoms with Crippen LogP contribution >= 0.6 is 0 Å². The average Bonchev–Trinajstić information content (AvgIpc) is 3.02. The summed E-state index contributed by atoms with van der Waals surface area (Å²) in [7, 11) is 0. The Kier molecular flexibility index (Phi) is 4.99. The first-order valence-corrected chi connectivity index (χ1v) is 7.97. The zero-order valence-corrected chi connectivity index (χ0v) is 13.6. The third kappa shape index (κ3) is 4.38. The molecule has 0 unspecified atom stereocenters. The van der Waals surface area contributed by atoms with Crippen LogP contribution in [-0.2, 0) is 16.1 Å². The minimum atomic E-state index is -0.532. The van der Waals surface area contributed by atoms with E-state index in [0.29, 0.717) is 24.4 Å². The van der Waals surface area contributed by atoms with Crippen LogP contribution in [0.15, 0.2) is 60.8 Å². The fourth-order valence-electron chi connectivity index (χ4n) is 2.57. The van der Waals surface area contributed by atoms with Crippen LogP contribution in [0.2, 0.25) is 0 Å². The largest absolute Gasteiger partial charge is 0.484 e. The number of nitrogens with zero attached hydrogens (tertiary/aromatic N) is 1. The molecular weight excluding hydrogens is 318 g/mol. The Hall–Kier alpha value is -3.28. The van der Waals surface area contributed by atoms with Crippen LogP contribution in [-0.4, -0.2) is 23.0 Å². The van der Waals surface area contributed by atoms with Crippen molar-refractivity contribution in [1.82, 2.24) is 4.57 Å². The molecule has 2 amide bonds. The highest BCUT2D eigenvalue weighted by Crippen LogP contribution is 2.17. The van der Waals surface area contributed by atoms with Gasteiger partial charge in [0.15, 0.2) is 6.61 Å². The summed E-state index contributed by atoms with van der Waals surface area (Å²) >= 11 is 0. The van der Waals surface area contributed by atoms with Gasteiger partial charge in [-0.05, 0) is 41.8 Å². The molecule has 3 N–H and O–H groups in total. The second-order valence-electron chi connectivity index (χ2n) is 5.65. The molecule has 0 saturated heterocycles. The number of carbonyl (C=O) groups excluding carboxylic acids is 2. The summed E-state index contributed by atoms with van der Waals surface area (Å²) in [5.74, 6) is -0.0749. The molecule has 0 atom stereocenters. The molecule has 0 aliphatic rings. The van der Waals surface area contributed by atoms with E-state index in [-0.39, 0.29) is 12.5 Å². The highest BCUT2D eigenvalue weighted by atomic mass is 16.5. The van der Waals surface area contributed by atoms with Crippen molar-refractivity contribution in [2.45, 2.75) is 13.0 Å². The Balaban J connectivity index is 1.53. The molecule has 128 valence electrons. The summed E-state index contributed by atoms with van der Waals surface area (Å²) in [5, 5.41) is 4.01. The standard InChI is InChI=1S/C19H19N3O3/c20-18(23)13-25-16-7-5-15(6-8-16)21-19(24)10-12-22-11-9-14-3-1-2-4-17(14)22/h1-9,11H,10,12-13H2,(H2,20,23)(H,21,24). The van der Waals surface area contributed by atoms with E-state index in [2.05, 4.69) is 9.88 Å². The maximum absolute atomic E-state index is 12.1. The zero-order chi connectivity index (χ0) is 17.6. The number of hydrogen-bond acceptors (Lipinski definition) is 3. The summed E-state index contributed by atoms with van der Waals surface area (Å²) in [5.41, 5.74) is 6.81. The van der Waals surface area contributed by atoms with Gasteiger partial charge in [0.05, 0.1) is 0 Å². The molecule has 1 heterocycles. The lowest BCUT2D eigenvalue weighted by Gasteiger charge is -2.08. The maximum atomic E-state index is 12.1. The minimum absolute atomic E-state index is 0.0661. The van der Waals surface area contributed by atoms with Gasteiger partial charge in [-0.2, -0.15) is 0 Å². The number of nitrogens with one attached hydrogen (secondary N) is 1. The average molecular weight is 337 g/mol. The van der Waals surface area contributed by atoms with E-state index in [0.717, 1.165) is 10.9 Å². The van der Waals surface area contributed by atoms with E-state index < -0.39 is 5.91 Å². The van der Waals surface area contributed by atoms with E-state index in [9.17, 15) is 9.59 Å². The van der Waals surface area contributed by atoms with Gasteiger partial charge in [-0.1, -0.05) is 18.2 Å². The lowest BCUT2D eigenvalue weighted by Crippen LogP contribution is -2.20. The summed E-state index contributed by atoms with van der Waals surface area (Å²) in [6.07, 6.45) is 2.36. The van der Waals surface area contributed by atoms with Crippen LogP contribution in [0.25, 0.3) is 10.9 Å². The number of hydrogen-bond donors (Lipinski definition) is 2. The second kappa shape index (κ2) is 7.53. The second-order valence-corrected chi connectivity index (χ2v) is 5.65. The van der Waals surface area contributed by atoms with E-state index >= 15 is 0 Å². The van der Waals surface area contributed by atoms with Crippen molar-refractivity contribution < 1.29 is 14.3 Å². The number of primary amides is 1. The smallest absolute Gasteiger partial charge is 0.255 e. The third-order valence-corrected chi connectivity index (χ3v) is 3.78. The van der Waals surface area contributed by atoms with Gasteiger partial charge in [0.1, 0.15) is 5.75 Å². The molecule has 25 heavy (non-hydrogen) atoms. The topological polar surface area (TPSA) is 86.4 Å². The number of amides is 2. The SMILES string of the molecule is NC(=O)COc1ccc(NC(=O)CCn2ccc3ccccc32)cc1. The fraction of sp³-hybridized carbons (Fsp3) is 0.158. The van der Waals surface area contributed by atoms with Gasteiger partial charge in [0, 0.05) is 30.4 Å². The Bertz CT molecular complexity index is 884. The van der Waals surface area contributed by atoms with Gasteiger partial charge in [0.25, 0.3) is 5.91 Å². The first-order valence-electron chi connectivity index (χ1n) is 7.97. The molecule has 0 aliphatic carbocycles. The number of ether oxygens (including phenoxy) is 1. The van der Waals surface area contributed by atoms with Crippen molar-refractivity contribution in [3.05, 3.63) is 60.8 Å². The molecule has 1 aromatic heterocycles. The molecule has 2 aromatic carbocycles. The van der Waals surface area contributed by atoms with Crippen LogP contribution in [0.3, 0.4) is 0 Å². The van der Waals surface area contributed by atoms with Crippen LogP contribution in [0.1, 0.15) is 6.42 Å². The Morgan fingerprint density at radius 2 is 1.80 bits per heavy atom. The lowest BCUT2D eigenvalue weighted by atomic mass is 10.2. The van der Waals surface area contributed by atoms with E-state index in [1.165, 1.54) is 0 Å². The predicted molar refractivity (Wildman–Crippen MR) is 96.3 cm³/mol. The number of nitrogens with two attached hydrogens (primary N) is 1. The van der Waals surface area contributed by atoms with Gasteiger partial charge < -0.3 is 20.4 Å². The molecule has 6 heteroatoms. The summed E-state index contributed by atoms with van der Waals surface area (Å²) < 4.78 is 7.24. The van der Waals surface area contributed by atoms with Crippen molar-refractivity contribution in [1.29, 1.82) is 0 Å². The molecule has 0 spiro atoms. The molecule has 0 bridgehead atoms. The van der Waals surface area contributed by atoms with Gasteiger partial charge in [-0.15, -0.1) is 0 Å². The maximum Gasteiger partial charge on any atom is 0.255 e. The third-order valence-electron chi connectivity index (χ3n) is 3.78. The van der Waals surface area contributed by atoms with Gasteiger partial charge in [-0.25, -0.2) is 0 Å². The van der Waals surface area contributed by atoms with Gasteiger partial charge >= 0.3 is 0 Å². The molecule has 6 nitrogen and oxygen atoms in total. The Morgan fingerprint density at radius 3 is 2.56 bits per heavy atom. The Morgan fingerprint density at radius 1 is 1.04 bits per heavy atom. The lowest BCUT2D eigenvalue weighted by molar-refractivity contribution is -0.120. The van der Waals surface area contributed by atoms with Crippen molar-refractivity contribution in [2.24, 2.45) is 5.73 Å². The molecule has 3 rings (SSSR count). The number of aryl methyl sites for hydroxylation is 1. The summed E-state index contributed by atoms with van der Waals surface area (Å²) in [6.45, 7) is 0.440. The molecule has 0 aliphatic heterocycles. The van der Waals surface area contributed by atoms with Crippen molar-refractivity contribution in [3.63, 3.8) is 0 Å².